The van der Waals surface area contributed by atoms with Crippen LogP contribution in [0.4, 0.5) is 0 Å². The number of allylic oxidation sites excluding steroid dienone is 4. The average Bonchev–Trinajstić information content (AvgIpc) is 3.44. The second-order valence-electron chi connectivity index (χ2n) is 24.2. The molecule has 6 heteroatoms. The number of esters is 3. The molecule has 0 aliphatic heterocycles. The van der Waals surface area contributed by atoms with Crippen molar-refractivity contribution < 1.29 is 28.6 Å². The molecule has 0 spiro atoms. The van der Waals surface area contributed by atoms with Gasteiger partial charge in [0.15, 0.2) is 6.10 Å². The maximum absolute atomic E-state index is 12.9. The van der Waals surface area contributed by atoms with Crippen LogP contribution in [0.3, 0.4) is 0 Å². The summed E-state index contributed by atoms with van der Waals surface area (Å²) in [6, 6.07) is 0. The van der Waals surface area contributed by atoms with Crippen LogP contribution in [0.2, 0.25) is 0 Å². The van der Waals surface area contributed by atoms with Gasteiger partial charge in [-0.25, -0.2) is 0 Å². The Morgan fingerprint density at radius 3 is 0.731 bits per heavy atom. The molecular weight excluding hydrogens is 961 g/mol. The third kappa shape index (κ3) is 64.7. The number of ether oxygens (including phenoxy) is 3. The predicted octanol–water partition coefficient (Wildman–Crippen LogP) is 24.2. The fourth-order valence-corrected chi connectivity index (χ4v) is 10.9. The molecule has 460 valence electrons. The van der Waals surface area contributed by atoms with Gasteiger partial charge in [-0.05, 0) is 51.4 Å². The Hall–Kier alpha value is -2.11. The van der Waals surface area contributed by atoms with E-state index >= 15 is 0 Å². The lowest BCUT2D eigenvalue weighted by atomic mass is 10.0. The van der Waals surface area contributed by atoms with E-state index in [9.17, 15) is 14.4 Å². The zero-order valence-corrected chi connectivity index (χ0v) is 53.0. The minimum Gasteiger partial charge on any atom is -0.462 e. The molecule has 0 heterocycles. The summed E-state index contributed by atoms with van der Waals surface area (Å²) in [6.07, 6.45) is 82.4. The summed E-state index contributed by atoms with van der Waals surface area (Å²) >= 11 is 0. The molecule has 0 saturated heterocycles. The minimum absolute atomic E-state index is 0.0688. The van der Waals surface area contributed by atoms with Crippen LogP contribution in [0.1, 0.15) is 400 Å². The molecule has 0 N–H and O–H groups in total. The highest BCUT2D eigenvalue weighted by molar-refractivity contribution is 5.71. The number of hydrogen-bond donors (Lipinski definition) is 0. The number of rotatable bonds is 66. The van der Waals surface area contributed by atoms with Gasteiger partial charge in [0.1, 0.15) is 13.2 Å². The second kappa shape index (κ2) is 67.4. The van der Waals surface area contributed by atoms with Crippen LogP contribution in [-0.4, -0.2) is 37.2 Å². The first-order valence-electron chi connectivity index (χ1n) is 35.3. The summed E-state index contributed by atoms with van der Waals surface area (Å²) in [7, 11) is 0. The smallest absolute Gasteiger partial charge is 0.306 e. The second-order valence-corrected chi connectivity index (χ2v) is 24.2. The molecule has 0 aromatic heterocycles. The summed E-state index contributed by atoms with van der Waals surface area (Å²) in [5.74, 6) is -0.851. The topological polar surface area (TPSA) is 78.9 Å². The minimum atomic E-state index is -0.771. The van der Waals surface area contributed by atoms with Crippen molar-refractivity contribution >= 4 is 17.9 Å². The normalized spacial score (nSPS) is 12.1. The van der Waals surface area contributed by atoms with E-state index in [4.69, 9.17) is 14.2 Å². The zero-order chi connectivity index (χ0) is 56.4. The Morgan fingerprint density at radius 2 is 0.462 bits per heavy atom. The summed E-state index contributed by atoms with van der Waals surface area (Å²) in [5, 5.41) is 0. The summed E-state index contributed by atoms with van der Waals surface area (Å²) in [6.45, 7) is 6.67. The standard InChI is InChI=1S/C72H136O6/c1-4-7-10-13-16-19-22-24-26-28-29-30-31-32-33-34-35-36-37-38-39-40-41-42-43-45-46-48-50-53-56-59-62-65-71(74)77-68-69(67-76-70(73)64-61-58-55-52-21-18-15-12-9-6-3)78-72(75)66-63-60-57-54-51-49-47-44-27-25-23-20-17-14-11-8-5-2/h17,20,25,27,69H,4-16,18-19,21-24,26,28-68H2,1-3H3/b20-17-,27-25-. The van der Waals surface area contributed by atoms with Crippen LogP contribution in [-0.2, 0) is 28.6 Å². The van der Waals surface area contributed by atoms with Gasteiger partial charge < -0.3 is 14.2 Å². The molecule has 1 atom stereocenters. The largest absolute Gasteiger partial charge is 0.462 e. The maximum atomic E-state index is 12.9. The Kier molecular flexibility index (Phi) is 65.6. The molecule has 0 bridgehead atoms. The highest BCUT2D eigenvalue weighted by Gasteiger charge is 2.19. The lowest BCUT2D eigenvalue weighted by Crippen LogP contribution is -2.30. The van der Waals surface area contributed by atoms with Crippen molar-refractivity contribution in [1.82, 2.24) is 0 Å². The van der Waals surface area contributed by atoms with Gasteiger partial charge in [0.2, 0.25) is 0 Å². The van der Waals surface area contributed by atoms with Crippen molar-refractivity contribution in [2.75, 3.05) is 13.2 Å². The molecule has 0 amide bonds. The van der Waals surface area contributed by atoms with Crippen LogP contribution >= 0.6 is 0 Å². The highest BCUT2D eigenvalue weighted by atomic mass is 16.6. The van der Waals surface area contributed by atoms with Crippen LogP contribution in [0, 0.1) is 0 Å². The molecule has 1 unspecified atom stereocenters. The number of carbonyl (C=O) groups excluding carboxylic acids is 3. The number of hydrogen-bond acceptors (Lipinski definition) is 6. The molecule has 0 radical (unpaired) electrons. The Morgan fingerprint density at radius 1 is 0.256 bits per heavy atom. The van der Waals surface area contributed by atoms with Gasteiger partial charge in [-0.1, -0.05) is 353 Å². The van der Waals surface area contributed by atoms with Crippen LogP contribution in [0.25, 0.3) is 0 Å². The quantitative estimate of drug-likeness (QED) is 0.0261. The number of unbranched alkanes of at least 4 members (excludes halogenated alkanes) is 51. The van der Waals surface area contributed by atoms with Crippen molar-refractivity contribution in [3.63, 3.8) is 0 Å². The molecule has 0 rings (SSSR count). The van der Waals surface area contributed by atoms with Crippen LogP contribution in [0.5, 0.6) is 0 Å². The van der Waals surface area contributed by atoms with Gasteiger partial charge in [0, 0.05) is 19.3 Å². The van der Waals surface area contributed by atoms with Crippen LogP contribution in [0.15, 0.2) is 24.3 Å². The van der Waals surface area contributed by atoms with E-state index in [0.717, 1.165) is 70.6 Å². The third-order valence-corrected chi connectivity index (χ3v) is 16.2. The zero-order valence-electron chi connectivity index (χ0n) is 53.0. The number of carbonyl (C=O) groups is 3. The van der Waals surface area contributed by atoms with E-state index in [2.05, 4.69) is 45.1 Å². The third-order valence-electron chi connectivity index (χ3n) is 16.2. The first kappa shape index (κ1) is 75.9. The molecule has 0 aliphatic carbocycles. The SMILES string of the molecule is CCCCC/C=C\C/C=C\CCCCCCCCCC(=O)OC(COC(=O)CCCCCCCCCCCC)COC(=O)CCCCCCCCCCCCCCCCCCCCCCCCCCCCCCCCCCC. The highest BCUT2D eigenvalue weighted by Crippen LogP contribution is 2.19. The summed E-state index contributed by atoms with van der Waals surface area (Å²) in [5.41, 5.74) is 0. The van der Waals surface area contributed by atoms with Gasteiger partial charge in [-0.15, -0.1) is 0 Å². The molecule has 0 aromatic rings. The van der Waals surface area contributed by atoms with E-state index in [1.165, 1.54) is 289 Å². The van der Waals surface area contributed by atoms with Crippen molar-refractivity contribution in [3.05, 3.63) is 24.3 Å². The fraction of sp³-hybridized carbons (Fsp3) is 0.903. The lowest BCUT2D eigenvalue weighted by Gasteiger charge is -2.18. The Bertz CT molecular complexity index is 1260. The average molecular weight is 1100 g/mol. The van der Waals surface area contributed by atoms with E-state index in [-0.39, 0.29) is 31.1 Å². The molecular formula is C72H136O6. The molecule has 0 aromatic carbocycles. The summed E-state index contributed by atoms with van der Waals surface area (Å²) < 4.78 is 16.9. The van der Waals surface area contributed by atoms with E-state index in [1.807, 2.05) is 0 Å². The maximum Gasteiger partial charge on any atom is 0.306 e. The van der Waals surface area contributed by atoms with E-state index in [1.54, 1.807) is 0 Å². The summed E-state index contributed by atoms with van der Waals surface area (Å²) in [4.78, 5) is 38.2. The van der Waals surface area contributed by atoms with E-state index in [0.29, 0.717) is 19.3 Å². The molecule has 0 aliphatic rings. The van der Waals surface area contributed by atoms with Crippen molar-refractivity contribution in [2.24, 2.45) is 0 Å². The van der Waals surface area contributed by atoms with Crippen molar-refractivity contribution in [1.29, 1.82) is 0 Å². The van der Waals surface area contributed by atoms with Gasteiger partial charge in [0.25, 0.3) is 0 Å². The fourth-order valence-electron chi connectivity index (χ4n) is 10.9. The predicted molar refractivity (Wildman–Crippen MR) is 340 cm³/mol. The van der Waals surface area contributed by atoms with Crippen molar-refractivity contribution in [3.8, 4) is 0 Å². The molecule has 0 saturated carbocycles. The van der Waals surface area contributed by atoms with Gasteiger partial charge >= 0.3 is 17.9 Å². The Balaban J connectivity index is 4.02. The van der Waals surface area contributed by atoms with Crippen LogP contribution < -0.4 is 0 Å². The van der Waals surface area contributed by atoms with Gasteiger partial charge in [-0.3, -0.25) is 14.4 Å². The lowest BCUT2D eigenvalue weighted by molar-refractivity contribution is -0.167. The molecule has 78 heavy (non-hydrogen) atoms. The van der Waals surface area contributed by atoms with E-state index < -0.39 is 6.10 Å². The van der Waals surface area contributed by atoms with Gasteiger partial charge in [0.05, 0.1) is 0 Å². The first-order valence-corrected chi connectivity index (χ1v) is 35.3. The monoisotopic (exact) mass is 1100 g/mol. The van der Waals surface area contributed by atoms with Gasteiger partial charge in [-0.2, -0.15) is 0 Å². The first-order chi connectivity index (χ1) is 38.5. The Labute approximate surface area is 487 Å². The molecule has 0 fully saturated rings. The van der Waals surface area contributed by atoms with Crippen molar-refractivity contribution in [2.45, 2.75) is 406 Å². The molecule has 6 nitrogen and oxygen atoms in total.